The van der Waals surface area contributed by atoms with Crippen LogP contribution < -0.4 is 15.4 Å². The molecule has 1 aromatic carbocycles. The van der Waals surface area contributed by atoms with Crippen LogP contribution in [0.3, 0.4) is 0 Å². The molecule has 0 saturated carbocycles. The number of hydrogen-bond acceptors (Lipinski definition) is 3. The van der Waals surface area contributed by atoms with Gasteiger partial charge in [0.05, 0.1) is 13.2 Å². The normalized spacial score (nSPS) is 11.2. The average molecular weight is 344 g/mol. The topological polar surface area (TPSA) is 54.9 Å². The highest BCUT2D eigenvalue weighted by molar-refractivity contribution is 9.10. The van der Waals surface area contributed by atoms with Crippen molar-refractivity contribution in [1.82, 2.24) is 10.6 Å². The zero-order valence-electron chi connectivity index (χ0n) is 12.0. The minimum Gasteiger partial charge on any atom is -0.492 e. The summed E-state index contributed by atoms with van der Waals surface area (Å²) in [7, 11) is 1.74. The molecule has 0 aliphatic heterocycles. The smallest absolute Gasteiger partial charge is 0.191 e. The molecule has 1 rings (SSSR count). The molecule has 112 valence electrons. The Morgan fingerprint density at radius 3 is 2.65 bits per heavy atom. The first-order chi connectivity index (χ1) is 9.76. The number of nitrogens with one attached hydrogen (secondary N) is 2. The van der Waals surface area contributed by atoms with Crippen molar-refractivity contribution in [1.29, 1.82) is 0 Å². The van der Waals surface area contributed by atoms with Gasteiger partial charge >= 0.3 is 0 Å². The second-order valence-electron chi connectivity index (χ2n) is 3.93. The van der Waals surface area contributed by atoms with E-state index in [1.54, 1.807) is 7.05 Å². The third-order valence-electron chi connectivity index (χ3n) is 2.43. The third kappa shape index (κ3) is 7.35. The van der Waals surface area contributed by atoms with E-state index >= 15 is 0 Å². The van der Waals surface area contributed by atoms with Gasteiger partial charge in [-0.15, -0.1) is 0 Å². The third-order valence-corrected chi connectivity index (χ3v) is 2.92. The molecule has 1 aromatic rings. The highest BCUT2D eigenvalue weighted by Gasteiger charge is 1.98. The second kappa shape index (κ2) is 10.5. The molecule has 5 nitrogen and oxygen atoms in total. The number of nitrogens with zero attached hydrogens (tertiary/aromatic N) is 1. The van der Waals surface area contributed by atoms with E-state index in [4.69, 9.17) is 9.47 Å². The van der Waals surface area contributed by atoms with E-state index in [0.29, 0.717) is 19.8 Å². The fourth-order valence-corrected chi connectivity index (χ4v) is 1.88. The van der Waals surface area contributed by atoms with Crippen LogP contribution in [0.5, 0.6) is 5.75 Å². The Morgan fingerprint density at radius 1 is 1.25 bits per heavy atom. The van der Waals surface area contributed by atoms with E-state index in [1.165, 1.54) is 0 Å². The second-order valence-corrected chi connectivity index (χ2v) is 4.84. The molecule has 20 heavy (non-hydrogen) atoms. The molecular formula is C14H22BrN3O2. The quantitative estimate of drug-likeness (QED) is 0.430. The molecule has 0 amide bonds. The summed E-state index contributed by atoms with van der Waals surface area (Å²) in [6, 6.07) is 7.78. The van der Waals surface area contributed by atoms with Crippen LogP contribution in [0.1, 0.15) is 6.92 Å². The van der Waals surface area contributed by atoms with Crippen LogP contribution in [0.15, 0.2) is 33.7 Å². The number of ether oxygens (including phenoxy) is 2. The van der Waals surface area contributed by atoms with E-state index in [9.17, 15) is 0 Å². The van der Waals surface area contributed by atoms with Gasteiger partial charge < -0.3 is 20.1 Å². The molecule has 0 fully saturated rings. The highest BCUT2D eigenvalue weighted by atomic mass is 79.9. The summed E-state index contributed by atoms with van der Waals surface area (Å²) >= 11 is 3.41. The minimum absolute atomic E-state index is 0.572. The minimum atomic E-state index is 0.572. The first-order valence-electron chi connectivity index (χ1n) is 6.67. The molecule has 0 spiro atoms. The molecule has 0 saturated heterocycles. The van der Waals surface area contributed by atoms with Crippen molar-refractivity contribution < 1.29 is 9.47 Å². The van der Waals surface area contributed by atoms with Gasteiger partial charge in [0.25, 0.3) is 0 Å². The number of rotatable bonds is 8. The van der Waals surface area contributed by atoms with Crippen molar-refractivity contribution in [3.63, 3.8) is 0 Å². The fourth-order valence-electron chi connectivity index (χ4n) is 1.50. The van der Waals surface area contributed by atoms with E-state index < -0.39 is 0 Å². The zero-order chi connectivity index (χ0) is 14.6. The van der Waals surface area contributed by atoms with Crippen molar-refractivity contribution in [3.8, 4) is 5.75 Å². The fraction of sp³-hybridized carbons (Fsp3) is 0.500. The summed E-state index contributed by atoms with van der Waals surface area (Å²) in [5, 5.41) is 6.34. The maximum absolute atomic E-state index is 5.62. The molecule has 0 bridgehead atoms. The van der Waals surface area contributed by atoms with Crippen molar-refractivity contribution >= 4 is 21.9 Å². The molecule has 0 atom stereocenters. The van der Waals surface area contributed by atoms with Crippen molar-refractivity contribution in [2.75, 3.05) is 40.0 Å². The largest absolute Gasteiger partial charge is 0.492 e. The van der Waals surface area contributed by atoms with Crippen LogP contribution in [0.2, 0.25) is 0 Å². The molecule has 0 heterocycles. The van der Waals surface area contributed by atoms with Crippen molar-refractivity contribution in [2.24, 2.45) is 4.99 Å². The van der Waals surface area contributed by atoms with Crippen molar-refractivity contribution in [3.05, 3.63) is 28.7 Å². The maximum Gasteiger partial charge on any atom is 0.191 e. The number of aliphatic imine (C=N–C) groups is 1. The van der Waals surface area contributed by atoms with Crippen LogP contribution in [0, 0.1) is 0 Å². The van der Waals surface area contributed by atoms with Gasteiger partial charge in [-0.05, 0) is 25.1 Å². The van der Waals surface area contributed by atoms with E-state index in [2.05, 4.69) is 31.6 Å². The SMILES string of the molecule is CCOCCNC(=NC)NCCOc1cccc(Br)c1. The lowest BCUT2D eigenvalue weighted by Gasteiger charge is -2.12. The summed E-state index contributed by atoms with van der Waals surface area (Å²) in [6.45, 7) is 5.37. The molecule has 0 radical (unpaired) electrons. The molecule has 0 unspecified atom stereocenters. The van der Waals surface area contributed by atoms with Crippen LogP contribution in [0.4, 0.5) is 0 Å². The molecule has 0 aliphatic carbocycles. The van der Waals surface area contributed by atoms with Gasteiger partial charge in [0.1, 0.15) is 12.4 Å². The Morgan fingerprint density at radius 2 is 2.00 bits per heavy atom. The van der Waals surface area contributed by atoms with Gasteiger partial charge in [-0.25, -0.2) is 0 Å². The van der Waals surface area contributed by atoms with Gasteiger partial charge in [0, 0.05) is 24.7 Å². The predicted octanol–water partition coefficient (Wildman–Crippen LogP) is 2.03. The Labute approximate surface area is 128 Å². The first-order valence-corrected chi connectivity index (χ1v) is 7.46. The first kappa shape index (κ1) is 16.8. The number of hydrogen-bond donors (Lipinski definition) is 2. The Balaban J connectivity index is 2.15. The number of halogens is 1. The Hall–Kier alpha value is -1.27. The average Bonchev–Trinajstić information content (AvgIpc) is 2.46. The highest BCUT2D eigenvalue weighted by Crippen LogP contribution is 2.17. The van der Waals surface area contributed by atoms with Gasteiger partial charge in [0.2, 0.25) is 0 Å². The lowest BCUT2D eigenvalue weighted by Crippen LogP contribution is -2.40. The number of benzene rings is 1. The van der Waals surface area contributed by atoms with Crippen LogP contribution in [-0.2, 0) is 4.74 Å². The summed E-state index contributed by atoms with van der Waals surface area (Å²) in [5.74, 6) is 1.60. The predicted molar refractivity (Wildman–Crippen MR) is 85.5 cm³/mol. The monoisotopic (exact) mass is 343 g/mol. The molecule has 0 aromatic heterocycles. The van der Waals surface area contributed by atoms with Gasteiger partial charge in [-0.1, -0.05) is 22.0 Å². The standard InChI is InChI=1S/C14H22BrN3O2/c1-3-19-9-7-17-14(16-2)18-8-10-20-13-6-4-5-12(15)11-13/h4-6,11H,3,7-10H2,1-2H3,(H2,16,17,18). The molecule has 6 heteroatoms. The number of guanidine groups is 1. The summed E-state index contributed by atoms with van der Waals surface area (Å²) in [4.78, 5) is 4.12. The summed E-state index contributed by atoms with van der Waals surface area (Å²) in [6.07, 6.45) is 0. The maximum atomic E-state index is 5.62. The van der Waals surface area contributed by atoms with E-state index in [-0.39, 0.29) is 0 Å². The molecule has 0 aliphatic rings. The van der Waals surface area contributed by atoms with Gasteiger partial charge in [0.15, 0.2) is 5.96 Å². The van der Waals surface area contributed by atoms with Crippen LogP contribution in [0.25, 0.3) is 0 Å². The van der Waals surface area contributed by atoms with Crippen LogP contribution in [-0.4, -0.2) is 45.9 Å². The lowest BCUT2D eigenvalue weighted by molar-refractivity contribution is 0.152. The molecule has 2 N–H and O–H groups in total. The molecular weight excluding hydrogens is 322 g/mol. The van der Waals surface area contributed by atoms with Crippen LogP contribution >= 0.6 is 15.9 Å². The van der Waals surface area contributed by atoms with E-state index in [0.717, 1.165) is 29.3 Å². The van der Waals surface area contributed by atoms with Gasteiger partial charge in [-0.2, -0.15) is 0 Å². The van der Waals surface area contributed by atoms with Crippen molar-refractivity contribution in [2.45, 2.75) is 6.92 Å². The Kier molecular flexibility index (Phi) is 8.82. The van der Waals surface area contributed by atoms with Gasteiger partial charge in [-0.3, -0.25) is 4.99 Å². The summed E-state index contributed by atoms with van der Waals surface area (Å²) < 4.78 is 11.9. The van der Waals surface area contributed by atoms with E-state index in [1.807, 2.05) is 31.2 Å². The summed E-state index contributed by atoms with van der Waals surface area (Å²) in [5.41, 5.74) is 0. The Bertz CT molecular complexity index is 413. The zero-order valence-corrected chi connectivity index (χ0v) is 13.6. The lowest BCUT2D eigenvalue weighted by atomic mass is 10.3.